The van der Waals surface area contributed by atoms with Gasteiger partial charge in [-0.25, -0.2) is 4.79 Å². The minimum atomic E-state index is 0.108. The molecule has 2 fully saturated rings. The Morgan fingerprint density at radius 2 is 2.00 bits per heavy atom. The van der Waals surface area contributed by atoms with E-state index in [1.807, 2.05) is 17.0 Å². The maximum Gasteiger partial charge on any atom is 0.317 e. The monoisotopic (exact) mass is 303 g/mol. The van der Waals surface area contributed by atoms with Gasteiger partial charge in [-0.2, -0.15) is 0 Å². The lowest BCUT2D eigenvalue weighted by molar-refractivity contribution is 0.113. The Labute approximate surface area is 132 Å². The summed E-state index contributed by atoms with van der Waals surface area (Å²) in [5, 5.41) is 3.07. The predicted octanol–water partition coefficient (Wildman–Crippen LogP) is 2.25. The van der Waals surface area contributed by atoms with Gasteiger partial charge in [0.1, 0.15) is 5.75 Å². The Bertz CT molecular complexity index is 522. The molecule has 3 rings (SSSR count). The molecule has 1 saturated carbocycles. The first-order chi connectivity index (χ1) is 10.7. The number of nitrogens with zero attached hydrogens (tertiary/aromatic N) is 2. The van der Waals surface area contributed by atoms with Crippen LogP contribution < -0.4 is 10.1 Å². The molecular weight excluding hydrogens is 278 g/mol. The van der Waals surface area contributed by atoms with Crippen molar-refractivity contribution < 1.29 is 9.53 Å². The number of urea groups is 1. The number of carbonyl (C=O) groups is 1. The van der Waals surface area contributed by atoms with Crippen molar-refractivity contribution in [1.82, 2.24) is 15.1 Å². The average molecular weight is 303 g/mol. The SMILES string of the molecule is COc1cccc([C@H](C)N2CCN(C(=O)NC3CC3)CC2)c1. The first kappa shape index (κ1) is 15.2. The van der Waals surface area contributed by atoms with Crippen LogP contribution in [0.5, 0.6) is 5.75 Å². The molecule has 5 heteroatoms. The molecule has 1 aromatic rings. The zero-order valence-corrected chi connectivity index (χ0v) is 13.4. The van der Waals surface area contributed by atoms with Crippen LogP contribution in [0.3, 0.4) is 0 Å². The molecule has 22 heavy (non-hydrogen) atoms. The van der Waals surface area contributed by atoms with Gasteiger partial charge in [0.15, 0.2) is 0 Å². The number of hydrogen-bond donors (Lipinski definition) is 1. The number of carbonyl (C=O) groups excluding carboxylic acids is 1. The van der Waals surface area contributed by atoms with E-state index in [9.17, 15) is 4.79 Å². The molecule has 0 unspecified atom stereocenters. The highest BCUT2D eigenvalue weighted by Gasteiger charge is 2.29. The molecule has 120 valence electrons. The molecule has 1 atom stereocenters. The van der Waals surface area contributed by atoms with E-state index in [0.29, 0.717) is 12.1 Å². The van der Waals surface area contributed by atoms with Crippen LogP contribution in [0.15, 0.2) is 24.3 Å². The van der Waals surface area contributed by atoms with Gasteiger partial charge in [0, 0.05) is 38.3 Å². The second-order valence-corrected chi connectivity index (χ2v) is 6.20. The molecule has 0 radical (unpaired) electrons. The molecule has 5 nitrogen and oxygen atoms in total. The highest BCUT2D eigenvalue weighted by atomic mass is 16.5. The average Bonchev–Trinajstić information content (AvgIpc) is 3.38. The third kappa shape index (κ3) is 3.53. The first-order valence-electron chi connectivity index (χ1n) is 8.11. The number of amides is 2. The summed E-state index contributed by atoms with van der Waals surface area (Å²) < 4.78 is 5.30. The minimum Gasteiger partial charge on any atom is -0.497 e. The molecule has 1 saturated heterocycles. The van der Waals surface area contributed by atoms with Crippen molar-refractivity contribution in [3.05, 3.63) is 29.8 Å². The molecule has 1 N–H and O–H groups in total. The van der Waals surface area contributed by atoms with Gasteiger partial charge < -0.3 is 15.0 Å². The number of methoxy groups -OCH3 is 1. The minimum absolute atomic E-state index is 0.108. The van der Waals surface area contributed by atoms with E-state index in [1.165, 1.54) is 5.56 Å². The van der Waals surface area contributed by atoms with Crippen molar-refractivity contribution in [3.8, 4) is 5.75 Å². The van der Waals surface area contributed by atoms with Gasteiger partial charge >= 0.3 is 6.03 Å². The van der Waals surface area contributed by atoms with Crippen molar-refractivity contribution in [1.29, 1.82) is 0 Å². The van der Waals surface area contributed by atoms with Crippen LogP contribution in [-0.4, -0.2) is 55.2 Å². The predicted molar refractivity (Wildman–Crippen MR) is 86.1 cm³/mol. The van der Waals surface area contributed by atoms with E-state index >= 15 is 0 Å². The Balaban J connectivity index is 1.54. The van der Waals surface area contributed by atoms with E-state index in [4.69, 9.17) is 4.74 Å². The van der Waals surface area contributed by atoms with Gasteiger partial charge in [-0.3, -0.25) is 4.90 Å². The molecule has 1 aliphatic heterocycles. The van der Waals surface area contributed by atoms with Gasteiger partial charge in [0.2, 0.25) is 0 Å². The van der Waals surface area contributed by atoms with Gasteiger partial charge in [-0.15, -0.1) is 0 Å². The summed E-state index contributed by atoms with van der Waals surface area (Å²) in [6, 6.07) is 9.11. The van der Waals surface area contributed by atoms with Crippen LogP contribution in [0.1, 0.15) is 31.4 Å². The van der Waals surface area contributed by atoms with Gasteiger partial charge in [0.05, 0.1) is 7.11 Å². The summed E-state index contributed by atoms with van der Waals surface area (Å²) in [5.74, 6) is 0.895. The fourth-order valence-corrected chi connectivity index (χ4v) is 2.92. The van der Waals surface area contributed by atoms with E-state index < -0.39 is 0 Å². The smallest absolute Gasteiger partial charge is 0.317 e. The molecule has 0 bridgehead atoms. The third-order valence-electron chi connectivity index (χ3n) is 4.63. The third-order valence-corrected chi connectivity index (χ3v) is 4.63. The van der Waals surface area contributed by atoms with Crippen LogP contribution in [0, 0.1) is 0 Å². The summed E-state index contributed by atoms with van der Waals surface area (Å²) in [5.41, 5.74) is 1.26. The van der Waals surface area contributed by atoms with E-state index in [2.05, 4.69) is 29.3 Å². The summed E-state index contributed by atoms with van der Waals surface area (Å²) in [4.78, 5) is 16.4. The summed E-state index contributed by atoms with van der Waals surface area (Å²) in [7, 11) is 1.70. The van der Waals surface area contributed by atoms with Crippen molar-refractivity contribution in [2.75, 3.05) is 33.3 Å². The Hall–Kier alpha value is -1.75. The lowest BCUT2D eigenvalue weighted by Crippen LogP contribution is -2.52. The first-order valence-corrected chi connectivity index (χ1v) is 8.11. The second kappa shape index (κ2) is 6.57. The fourth-order valence-electron chi connectivity index (χ4n) is 2.92. The molecule has 2 amide bonds. The summed E-state index contributed by atoms with van der Waals surface area (Å²) in [6.45, 7) is 5.64. The summed E-state index contributed by atoms with van der Waals surface area (Å²) in [6.07, 6.45) is 2.27. The number of hydrogen-bond acceptors (Lipinski definition) is 3. The number of nitrogens with one attached hydrogen (secondary N) is 1. The van der Waals surface area contributed by atoms with Crippen LogP contribution in [0.25, 0.3) is 0 Å². The number of rotatable bonds is 4. The maximum absolute atomic E-state index is 12.1. The van der Waals surface area contributed by atoms with Crippen molar-refractivity contribution in [3.63, 3.8) is 0 Å². The van der Waals surface area contributed by atoms with E-state index in [0.717, 1.165) is 44.8 Å². The highest BCUT2D eigenvalue weighted by molar-refractivity contribution is 5.75. The largest absolute Gasteiger partial charge is 0.497 e. The van der Waals surface area contributed by atoms with Crippen LogP contribution >= 0.6 is 0 Å². The number of ether oxygens (including phenoxy) is 1. The topological polar surface area (TPSA) is 44.8 Å². The molecule has 0 aromatic heterocycles. The van der Waals surface area contributed by atoms with Gasteiger partial charge in [0.25, 0.3) is 0 Å². The molecule has 2 aliphatic rings. The van der Waals surface area contributed by atoms with Crippen molar-refractivity contribution in [2.45, 2.75) is 31.8 Å². The van der Waals surface area contributed by atoms with Crippen LogP contribution in [-0.2, 0) is 0 Å². The van der Waals surface area contributed by atoms with E-state index in [1.54, 1.807) is 7.11 Å². The molecule has 1 aliphatic carbocycles. The van der Waals surface area contributed by atoms with Crippen LogP contribution in [0.4, 0.5) is 4.79 Å². The second-order valence-electron chi connectivity index (χ2n) is 6.20. The lowest BCUT2D eigenvalue weighted by atomic mass is 10.1. The van der Waals surface area contributed by atoms with Crippen LogP contribution in [0.2, 0.25) is 0 Å². The zero-order chi connectivity index (χ0) is 15.5. The molecule has 0 spiro atoms. The molecule has 1 aromatic carbocycles. The molecule has 1 heterocycles. The Kier molecular flexibility index (Phi) is 4.52. The lowest BCUT2D eigenvalue weighted by Gasteiger charge is -2.38. The summed E-state index contributed by atoms with van der Waals surface area (Å²) >= 11 is 0. The quantitative estimate of drug-likeness (QED) is 0.928. The Morgan fingerprint density at radius 1 is 1.27 bits per heavy atom. The van der Waals surface area contributed by atoms with Gasteiger partial charge in [-0.1, -0.05) is 12.1 Å². The van der Waals surface area contributed by atoms with Crippen molar-refractivity contribution >= 4 is 6.03 Å². The Morgan fingerprint density at radius 3 is 2.64 bits per heavy atom. The number of piperazine rings is 1. The zero-order valence-electron chi connectivity index (χ0n) is 13.4. The van der Waals surface area contributed by atoms with Crippen molar-refractivity contribution in [2.24, 2.45) is 0 Å². The van der Waals surface area contributed by atoms with E-state index in [-0.39, 0.29) is 6.03 Å². The normalized spacial score (nSPS) is 20.5. The molecular formula is C17H25N3O2. The standard InChI is InChI=1S/C17H25N3O2/c1-13(14-4-3-5-16(12-14)22-2)19-8-10-20(11-9-19)17(21)18-15-6-7-15/h3-5,12-13,15H,6-11H2,1-2H3,(H,18,21)/t13-/m0/s1. The number of benzene rings is 1. The maximum atomic E-state index is 12.1. The van der Waals surface area contributed by atoms with Gasteiger partial charge in [-0.05, 0) is 37.5 Å². The highest BCUT2D eigenvalue weighted by Crippen LogP contribution is 2.25. The fraction of sp³-hybridized carbons (Fsp3) is 0.588.